The molecule has 7 heteroatoms. The van der Waals surface area contributed by atoms with Gasteiger partial charge in [0.25, 0.3) is 5.91 Å². The van der Waals surface area contributed by atoms with E-state index in [-0.39, 0.29) is 11.8 Å². The number of anilines is 1. The minimum absolute atomic E-state index is 0.0716. The number of amides is 1. The van der Waals surface area contributed by atoms with Crippen LogP contribution >= 0.6 is 11.3 Å². The molecular formula is C25H26N4O2S. The van der Waals surface area contributed by atoms with Crippen molar-refractivity contribution in [3.05, 3.63) is 76.3 Å². The summed E-state index contributed by atoms with van der Waals surface area (Å²) in [7, 11) is 0. The first kappa shape index (κ1) is 22.0. The third-order valence-corrected chi connectivity index (χ3v) is 6.41. The molecule has 164 valence electrons. The molecule has 1 N–H and O–H groups in total. The smallest absolute Gasteiger partial charge is 0.267 e. The average Bonchev–Trinajstić information content (AvgIpc) is 3.19. The molecule has 0 saturated carbocycles. The van der Waals surface area contributed by atoms with E-state index in [1.807, 2.05) is 19.9 Å². The minimum atomic E-state index is -0.722. The Morgan fingerprint density at radius 1 is 1.22 bits per heavy atom. The van der Waals surface area contributed by atoms with Crippen LogP contribution in [0.5, 0.6) is 5.75 Å². The fourth-order valence-corrected chi connectivity index (χ4v) is 4.80. The summed E-state index contributed by atoms with van der Waals surface area (Å²) < 4.78 is 5.95. The van der Waals surface area contributed by atoms with Crippen molar-refractivity contribution in [2.75, 3.05) is 11.9 Å². The molecule has 0 fully saturated rings. The summed E-state index contributed by atoms with van der Waals surface area (Å²) in [5.41, 5.74) is 2.77. The van der Waals surface area contributed by atoms with Crippen LogP contribution < -0.4 is 10.1 Å². The number of ether oxygens (including phenoxy) is 1. The molecule has 3 aromatic rings. The summed E-state index contributed by atoms with van der Waals surface area (Å²) in [5.74, 6) is 0.0940. The van der Waals surface area contributed by atoms with Crippen LogP contribution in [0, 0.1) is 17.2 Å². The number of fused-ring (bicyclic) bond motifs is 1. The molecule has 2 heterocycles. The zero-order valence-corrected chi connectivity index (χ0v) is 19.1. The standard InChI is InChI=1S/C25H26N4O2S/c1-17(2)23(31-21-11-7-6-10-19(21)14-26)24(30)28-25-27-20-12-13-29(16-22(20)32-25)15-18-8-4-3-5-9-18/h3-11,17,23H,12-13,15-16H2,1-2H3,(H,27,28,30). The fourth-order valence-electron chi connectivity index (χ4n) is 3.75. The van der Waals surface area contributed by atoms with Crippen molar-refractivity contribution in [1.29, 1.82) is 5.26 Å². The second-order valence-corrected chi connectivity index (χ2v) is 9.30. The van der Waals surface area contributed by atoms with Crippen LogP contribution in [0.15, 0.2) is 54.6 Å². The number of thiazole rings is 1. The van der Waals surface area contributed by atoms with E-state index in [9.17, 15) is 10.1 Å². The molecule has 0 saturated heterocycles. The minimum Gasteiger partial charge on any atom is -0.479 e. The molecule has 1 unspecified atom stereocenters. The number of hydrogen-bond donors (Lipinski definition) is 1. The molecule has 2 aromatic carbocycles. The third kappa shape index (κ3) is 5.16. The zero-order chi connectivity index (χ0) is 22.5. The lowest BCUT2D eigenvalue weighted by Crippen LogP contribution is -2.37. The van der Waals surface area contributed by atoms with Crippen molar-refractivity contribution < 1.29 is 9.53 Å². The predicted molar refractivity (Wildman–Crippen MR) is 125 cm³/mol. The Hall–Kier alpha value is -3.21. The van der Waals surface area contributed by atoms with Gasteiger partial charge >= 0.3 is 0 Å². The number of hydrogen-bond acceptors (Lipinski definition) is 6. The lowest BCUT2D eigenvalue weighted by Gasteiger charge is -2.25. The van der Waals surface area contributed by atoms with E-state index in [0.29, 0.717) is 16.4 Å². The maximum Gasteiger partial charge on any atom is 0.267 e. The van der Waals surface area contributed by atoms with E-state index in [1.54, 1.807) is 24.3 Å². The number of carbonyl (C=O) groups is 1. The van der Waals surface area contributed by atoms with E-state index in [4.69, 9.17) is 4.74 Å². The lowest BCUT2D eigenvalue weighted by atomic mass is 10.1. The normalized spacial score (nSPS) is 14.4. The monoisotopic (exact) mass is 446 g/mol. The second kappa shape index (κ2) is 9.94. The van der Waals surface area contributed by atoms with Gasteiger partial charge in [-0.15, -0.1) is 11.3 Å². The first-order chi connectivity index (χ1) is 15.5. The summed E-state index contributed by atoms with van der Waals surface area (Å²) in [6.07, 6.45) is 0.147. The first-order valence-corrected chi connectivity index (χ1v) is 11.6. The number of benzene rings is 2. The van der Waals surface area contributed by atoms with Gasteiger partial charge in [-0.2, -0.15) is 5.26 Å². The van der Waals surface area contributed by atoms with Gasteiger partial charge in [-0.1, -0.05) is 56.3 Å². The summed E-state index contributed by atoms with van der Waals surface area (Å²) >= 11 is 1.53. The molecule has 6 nitrogen and oxygen atoms in total. The number of aromatic nitrogens is 1. The Morgan fingerprint density at radius 3 is 2.72 bits per heavy atom. The molecule has 1 aliphatic heterocycles. The summed E-state index contributed by atoms with van der Waals surface area (Å²) in [6.45, 7) is 6.53. The Balaban J connectivity index is 1.42. The highest BCUT2D eigenvalue weighted by atomic mass is 32.1. The van der Waals surface area contributed by atoms with E-state index < -0.39 is 6.10 Å². The van der Waals surface area contributed by atoms with Gasteiger partial charge in [-0.25, -0.2) is 4.98 Å². The van der Waals surface area contributed by atoms with Gasteiger partial charge in [-0.3, -0.25) is 15.0 Å². The average molecular weight is 447 g/mol. The van der Waals surface area contributed by atoms with Gasteiger partial charge in [0.15, 0.2) is 11.2 Å². The Bertz CT molecular complexity index is 1120. The van der Waals surface area contributed by atoms with Crippen LogP contribution in [-0.2, 0) is 24.3 Å². The molecule has 0 radical (unpaired) electrons. The SMILES string of the molecule is CC(C)C(Oc1ccccc1C#N)C(=O)Nc1nc2c(s1)CN(Cc1ccccc1)CC2. The van der Waals surface area contributed by atoms with Gasteiger partial charge in [-0.05, 0) is 23.6 Å². The number of nitriles is 1. The van der Waals surface area contributed by atoms with Gasteiger partial charge in [0.1, 0.15) is 11.8 Å². The van der Waals surface area contributed by atoms with Gasteiger partial charge in [0.2, 0.25) is 0 Å². The molecule has 0 spiro atoms. The van der Waals surface area contributed by atoms with E-state index in [0.717, 1.165) is 31.7 Å². The van der Waals surface area contributed by atoms with Crippen LogP contribution in [0.2, 0.25) is 0 Å². The molecule has 0 bridgehead atoms. The third-order valence-electron chi connectivity index (χ3n) is 5.41. The molecular weight excluding hydrogens is 420 g/mol. The predicted octanol–water partition coefficient (Wildman–Crippen LogP) is 4.62. The quantitative estimate of drug-likeness (QED) is 0.573. The summed E-state index contributed by atoms with van der Waals surface area (Å²) in [6, 6.07) is 19.5. The summed E-state index contributed by atoms with van der Waals surface area (Å²) in [4.78, 5) is 21.3. The highest BCUT2D eigenvalue weighted by Crippen LogP contribution is 2.30. The number of nitrogens with zero attached hydrogens (tertiary/aromatic N) is 3. The molecule has 0 aliphatic carbocycles. The molecule has 1 atom stereocenters. The highest BCUT2D eigenvalue weighted by molar-refractivity contribution is 7.15. The zero-order valence-electron chi connectivity index (χ0n) is 18.2. The highest BCUT2D eigenvalue weighted by Gasteiger charge is 2.27. The molecule has 4 rings (SSSR count). The van der Waals surface area contributed by atoms with Crippen LogP contribution in [-0.4, -0.2) is 28.4 Å². The Morgan fingerprint density at radius 2 is 1.97 bits per heavy atom. The van der Waals surface area contributed by atoms with Crippen LogP contribution in [0.1, 0.15) is 35.5 Å². The number of rotatable bonds is 7. The molecule has 1 aromatic heterocycles. The van der Waals surface area contributed by atoms with Gasteiger partial charge in [0.05, 0.1) is 11.3 Å². The maximum absolute atomic E-state index is 13.0. The van der Waals surface area contributed by atoms with Crippen LogP contribution in [0.3, 0.4) is 0 Å². The van der Waals surface area contributed by atoms with Gasteiger partial charge in [0, 0.05) is 30.9 Å². The Labute approximate surface area is 192 Å². The van der Waals surface area contributed by atoms with Crippen molar-refractivity contribution >= 4 is 22.4 Å². The van der Waals surface area contributed by atoms with E-state index in [1.165, 1.54) is 21.8 Å². The molecule has 32 heavy (non-hydrogen) atoms. The van der Waals surface area contributed by atoms with Crippen molar-refractivity contribution in [1.82, 2.24) is 9.88 Å². The van der Waals surface area contributed by atoms with Gasteiger partial charge < -0.3 is 4.74 Å². The van der Waals surface area contributed by atoms with Crippen molar-refractivity contribution in [2.24, 2.45) is 5.92 Å². The van der Waals surface area contributed by atoms with Crippen LogP contribution in [0.4, 0.5) is 5.13 Å². The topological polar surface area (TPSA) is 78.2 Å². The van der Waals surface area contributed by atoms with E-state index in [2.05, 4.69) is 45.5 Å². The maximum atomic E-state index is 13.0. The first-order valence-electron chi connectivity index (χ1n) is 10.7. The largest absolute Gasteiger partial charge is 0.479 e. The fraction of sp³-hybridized carbons (Fsp3) is 0.320. The molecule has 1 aliphatic rings. The number of nitrogens with one attached hydrogen (secondary N) is 1. The molecule has 1 amide bonds. The van der Waals surface area contributed by atoms with E-state index >= 15 is 0 Å². The summed E-state index contributed by atoms with van der Waals surface area (Å²) in [5, 5.41) is 12.9. The lowest BCUT2D eigenvalue weighted by molar-refractivity contribution is -0.124. The number of para-hydroxylation sites is 1. The second-order valence-electron chi connectivity index (χ2n) is 8.21. The van der Waals surface area contributed by atoms with Crippen molar-refractivity contribution in [3.8, 4) is 11.8 Å². The van der Waals surface area contributed by atoms with Crippen molar-refractivity contribution in [3.63, 3.8) is 0 Å². The van der Waals surface area contributed by atoms with Crippen molar-refractivity contribution in [2.45, 2.75) is 39.5 Å². The number of carbonyl (C=O) groups excluding carboxylic acids is 1. The Kier molecular flexibility index (Phi) is 6.84. The van der Waals surface area contributed by atoms with Crippen LogP contribution in [0.25, 0.3) is 0 Å².